The highest BCUT2D eigenvalue weighted by atomic mass is 19.3. The van der Waals surface area contributed by atoms with E-state index in [0.717, 1.165) is 24.3 Å². The van der Waals surface area contributed by atoms with Gasteiger partial charge in [0.05, 0.1) is 12.8 Å². The van der Waals surface area contributed by atoms with Gasteiger partial charge in [0.1, 0.15) is 24.9 Å². The second kappa shape index (κ2) is 17.1. The van der Waals surface area contributed by atoms with Gasteiger partial charge in [0.25, 0.3) is 0 Å². The van der Waals surface area contributed by atoms with Crippen LogP contribution in [-0.2, 0) is 38.1 Å². The van der Waals surface area contributed by atoms with E-state index in [1.165, 1.54) is 58.9 Å². The lowest BCUT2D eigenvalue weighted by Crippen LogP contribution is -2.49. The molecule has 0 fully saturated rings. The number of alkyl halides is 4. The number of carbonyl (C=O) groups excluding carboxylic acids is 4. The zero-order valence-corrected chi connectivity index (χ0v) is 22.0. The Morgan fingerprint density at radius 3 is 1.47 bits per heavy atom. The summed E-state index contributed by atoms with van der Waals surface area (Å²) in [5.41, 5.74) is 0. The van der Waals surface area contributed by atoms with Gasteiger partial charge in [0.2, 0.25) is 0 Å². The fourth-order valence-corrected chi connectivity index (χ4v) is 2.99. The molecule has 3 unspecified atom stereocenters. The van der Waals surface area contributed by atoms with Crippen molar-refractivity contribution >= 4 is 23.9 Å². The smallest absolute Gasteiger partial charge is 0.330 e. The molecule has 0 aromatic rings. The van der Waals surface area contributed by atoms with Gasteiger partial charge in [-0.25, -0.2) is 19.2 Å². The lowest BCUT2D eigenvalue weighted by molar-refractivity contribution is -0.242. The van der Waals surface area contributed by atoms with E-state index in [-0.39, 0.29) is 6.42 Å². The quantitative estimate of drug-likeness (QED) is 0.114. The Balaban J connectivity index is 6.01. The minimum absolute atomic E-state index is 0.136. The fourth-order valence-electron chi connectivity index (χ4n) is 2.99. The van der Waals surface area contributed by atoms with Crippen LogP contribution < -0.4 is 0 Å². The molecule has 0 aromatic carbocycles. The molecule has 8 nitrogen and oxygen atoms in total. The largest absolute Gasteiger partial charge is 0.459 e. The fraction of sp³-hybridized carbons (Fsp3) is 0.538. The van der Waals surface area contributed by atoms with Crippen LogP contribution in [0.2, 0.25) is 0 Å². The standard InChI is InChI=1S/C26H34F4O8/c1-6-11-21(31)35-17-18(36-22(32)12-7-2)15-25(27,28)26(29,30)16-20(38-24(34)14-9-4)19(10-5)37-23(33)13-8-3/h6-9,11-14,18-20H,10,15-17H2,1-5H3. The minimum atomic E-state index is -4.84. The minimum Gasteiger partial charge on any atom is -0.459 e. The molecule has 0 rings (SSSR count). The van der Waals surface area contributed by atoms with Gasteiger partial charge in [-0.1, -0.05) is 31.2 Å². The third-order valence-electron chi connectivity index (χ3n) is 4.73. The summed E-state index contributed by atoms with van der Waals surface area (Å²) in [4.78, 5) is 47.2. The first-order valence-corrected chi connectivity index (χ1v) is 11.8. The Morgan fingerprint density at radius 1 is 0.632 bits per heavy atom. The highest BCUT2D eigenvalue weighted by molar-refractivity contribution is 5.83. The zero-order chi connectivity index (χ0) is 29.4. The van der Waals surface area contributed by atoms with E-state index in [1.54, 1.807) is 0 Å². The number of halogens is 4. The molecule has 38 heavy (non-hydrogen) atoms. The highest BCUT2D eigenvalue weighted by Crippen LogP contribution is 2.43. The molecule has 0 saturated heterocycles. The van der Waals surface area contributed by atoms with E-state index in [4.69, 9.17) is 18.9 Å². The molecule has 0 amide bonds. The number of hydrogen-bond acceptors (Lipinski definition) is 8. The Hall–Kier alpha value is -3.44. The summed E-state index contributed by atoms with van der Waals surface area (Å²) in [5, 5.41) is 0. The van der Waals surface area contributed by atoms with E-state index < -0.39 is 73.5 Å². The van der Waals surface area contributed by atoms with Crippen LogP contribution in [0, 0.1) is 0 Å². The van der Waals surface area contributed by atoms with Crippen molar-refractivity contribution in [1.29, 1.82) is 0 Å². The maximum Gasteiger partial charge on any atom is 0.330 e. The van der Waals surface area contributed by atoms with E-state index in [1.807, 2.05) is 0 Å². The Labute approximate surface area is 219 Å². The summed E-state index contributed by atoms with van der Waals surface area (Å²) in [6.07, 6.45) is -0.135. The third-order valence-corrected chi connectivity index (χ3v) is 4.73. The highest BCUT2D eigenvalue weighted by Gasteiger charge is 2.59. The van der Waals surface area contributed by atoms with Gasteiger partial charge in [-0.3, -0.25) is 0 Å². The first-order chi connectivity index (χ1) is 17.8. The summed E-state index contributed by atoms with van der Waals surface area (Å²) < 4.78 is 79.5. The molecule has 12 heteroatoms. The number of hydrogen-bond donors (Lipinski definition) is 0. The van der Waals surface area contributed by atoms with Gasteiger partial charge < -0.3 is 18.9 Å². The SMILES string of the molecule is CC=CC(=O)OCC(CC(F)(F)C(F)(F)CC(OC(=O)C=CC)C(CC)OC(=O)C=CC)OC(=O)C=CC. The second-order valence-corrected chi connectivity index (χ2v) is 7.87. The van der Waals surface area contributed by atoms with Crippen LogP contribution in [0.25, 0.3) is 0 Å². The second-order valence-electron chi connectivity index (χ2n) is 7.87. The predicted molar refractivity (Wildman–Crippen MR) is 129 cm³/mol. The van der Waals surface area contributed by atoms with E-state index >= 15 is 8.78 Å². The van der Waals surface area contributed by atoms with Crippen molar-refractivity contribution in [2.45, 2.75) is 84.0 Å². The molecule has 214 valence electrons. The number of carbonyl (C=O) groups is 4. The lowest BCUT2D eigenvalue weighted by atomic mass is 9.96. The maximum atomic E-state index is 15.0. The molecular weight excluding hydrogens is 516 g/mol. The summed E-state index contributed by atoms with van der Waals surface area (Å²) in [5.74, 6) is -13.8. The molecule has 0 radical (unpaired) electrons. The molecule has 3 atom stereocenters. The van der Waals surface area contributed by atoms with Crippen molar-refractivity contribution < 1.29 is 55.7 Å². The van der Waals surface area contributed by atoms with Gasteiger partial charge in [-0.2, -0.15) is 17.6 Å². The van der Waals surface area contributed by atoms with Crippen LogP contribution in [0.1, 0.15) is 53.9 Å². The Bertz CT molecular complexity index is 909. The van der Waals surface area contributed by atoms with Crippen LogP contribution in [0.4, 0.5) is 17.6 Å². The summed E-state index contributed by atoms with van der Waals surface area (Å²) in [7, 11) is 0. The van der Waals surface area contributed by atoms with E-state index in [2.05, 4.69) is 0 Å². The summed E-state index contributed by atoms with van der Waals surface area (Å²) >= 11 is 0. The van der Waals surface area contributed by atoms with Gasteiger partial charge >= 0.3 is 35.7 Å². The van der Waals surface area contributed by atoms with Crippen molar-refractivity contribution in [2.75, 3.05) is 6.61 Å². The molecule has 0 spiro atoms. The third kappa shape index (κ3) is 12.7. The van der Waals surface area contributed by atoms with Gasteiger partial charge in [-0.15, -0.1) is 0 Å². The monoisotopic (exact) mass is 550 g/mol. The molecule has 0 aliphatic heterocycles. The molecule has 0 aromatic heterocycles. The first kappa shape index (κ1) is 34.6. The molecular formula is C26H34F4O8. The summed E-state index contributed by atoms with van der Waals surface area (Å²) in [6.45, 7) is 6.37. The first-order valence-electron chi connectivity index (χ1n) is 11.8. The molecule has 0 N–H and O–H groups in total. The number of esters is 4. The number of allylic oxidation sites excluding steroid dienone is 4. The van der Waals surface area contributed by atoms with Crippen molar-refractivity contribution in [3.05, 3.63) is 48.6 Å². The normalized spacial score (nSPS) is 15.1. The number of ether oxygens (including phenoxy) is 4. The molecule has 0 heterocycles. The van der Waals surface area contributed by atoms with Crippen molar-refractivity contribution in [1.82, 2.24) is 0 Å². The average molecular weight is 551 g/mol. The Kier molecular flexibility index (Phi) is 15.6. The van der Waals surface area contributed by atoms with Crippen LogP contribution >= 0.6 is 0 Å². The van der Waals surface area contributed by atoms with Crippen molar-refractivity contribution in [3.63, 3.8) is 0 Å². The van der Waals surface area contributed by atoms with E-state index in [9.17, 15) is 28.0 Å². The maximum absolute atomic E-state index is 15.0. The van der Waals surface area contributed by atoms with Crippen LogP contribution in [0.5, 0.6) is 0 Å². The molecule has 0 bridgehead atoms. The summed E-state index contributed by atoms with van der Waals surface area (Å²) in [6, 6.07) is 0. The van der Waals surface area contributed by atoms with Gasteiger partial charge in [-0.05, 0) is 34.1 Å². The zero-order valence-electron chi connectivity index (χ0n) is 22.0. The molecule has 0 aliphatic rings. The van der Waals surface area contributed by atoms with Gasteiger partial charge in [0.15, 0.2) is 0 Å². The molecule has 0 saturated carbocycles. The van der Waals surface area contributed by atoms with Crippen LogP contribution in [0.15, 0.2) is 48.6 Å². The van der Waals surface area contributed by atoms with Crippen LogP contribution in [-0.4, -0.2) is 60.6 Å². The van der Waals surface area contributed by atoms with Gasteiger partial charge in [0, 0.05) is 24.3 Å². The van der Waals surface area contributed by atoms with E-state index in [0.29, 0.717) is 0 Å². The Morgan fingerprint density at radius 2 is 1.03 bits per heavy atom. The lowest BCUT2D eigenvalue weighted by Gasteiger charge is -2.33. The molecule has 0 aliphatic carbocycles. The number of rotatable bonds is 16. The van der Waals surface area contributed by atoms with Crippen molar-refractivity contribution in [3.8, 4) is 0 Å². The average Bonchev–Trinajstić information content (AvgIpc) is 2.80. The van der Waals surface area contributed by atoms with Crippen molar-refractivity contribution in [2.24, 2.45) is 0 Å². The predicted octanol–water partition coefficient (Wildman–Crippen LogP) is 5.03. The van der Waals surface area contributed by atoms with Crippen LogP contribution in [0.3, 0.4) is 0 Å². The topological polar surface area (TPSA) is 105 Å².